The van der Waals surface area contributed by atoms with Gasteiger partial charge < -0.3 is 4.42 Å². The van der Waals surface area contributed by atoms with E-state index < -0.39 is 0 Å². The molecule has 6 nitrogen and oxygen atoms in total. The molecule has 7 heteroatoms. The topological polar surface area (TPSA) is 78.0 Å². The van der Waals surface area contributed by atoms with Crippen LogP contribution in [-0.2, 0) is 19.4 Å². The molecule has 1 aromatic carbocycles. The highest BCUT2D eigenvalue weighted by Crippen LogP contribution is 2.29. The fourth-order valence-corrected chi connectivity index (χ4v) is 4.78. The lowest BCUT2D eigenvalue weighted by Crippen LogP contribution is -2.27. The molecule has 0 saturated carbocycles. The van der Waals surface area contributed by atoms with Crippen LogP contribution in [0.2, 0.25) is 0 Å². The summed E-state index contributed by atoms with van der Waals surface area (Å²) in [6.45, 7) is 1.72. The minimum atomic E-state index is -0.356. The first-order valence-corrected chi connectivity index (χ1v) is 10.5. The van der Waals surface area contributed by atoms with Gasteiger partial charge in [-0.05, 0) is 61.9 Å². The highest BCUT2D eigenvalue weighted by molar-refractivity contribution is 7.19. The number of aromatic nitrogens is 3. The molecule has 0 spiro atoms. The maximum atomic E-state index is 13.0. The smallest absolute Gasteiger partial charge is 0.294 e. The molecule has 0 fully saturated rings. The van der Waals surface area contributed by atoms with Crippen LogP contribution in [0.1, 0.15) is 39.3 Å². The number of hydrogen-bond acceptors (Lipinski definition) is 6. The number of thiazole rings is 1. The Labute approximate surface area is 170 Å². The molecule has 0 radical (unpaired) electrons. The van der Waals surface area contributed by atoms with Crippen LogP contribution in [0, 0.1) is 6.92 Å². The van der Waals surface area contributed by atoms with Gasteiger partial charge in [0.2, 0.25) is 0 Å². The van der Waals surface area contributed by atoms with E-state index in [1.165, 1.54) is 33.6 Å². The van der Waals surface area contributed by atoms with E-state index in [-0.39, 0.29) is 17.9 Å². The van der Waals surface area contributed by atoms with Crippen molar-refractivity contribution < 1.29 is 9.21 Å². The summed E-state index contributed by atoms with van der Waals surface area (Å²) in [5.74, 6) is 0.415. The molecule has 3 aromatic heterocycles. The summed E-state index contributed by atoms with van der Waals surface area (Å²) in [5.41, 5.74) is 3.69. The molecule has 0 atom stereocenters. The predicted octanol–water partition coefficient (Wildman–Crippen LogP) is 4.18. The zero-order chi connectivity index (χ0) is 20.0. The Hall–Kier alpha value is -3.06. The summed E-state index contributed by atoms with van der Waals surface area (Å²) < 4.78 is 7.39. The molecule has 0 unspecified atom stereocenters. The van der Waals surface area contributed by atoms with Crippen molar-refractivity contribution in [2.75, 3.05) is 0 Å². The summed E-state index contributed by atoms with van der Waals surface area (Å²) >= 11 is 1.40. The third kappa shape index (κ3) is 3.21. The minimum absolute atomic E-state index is 0.127. The number of furan rings is 1. The van der Waals surface area contributed by atoms with Gasteiger partial charge >= 0.3 is 0 Å². The number of nitrogens with zero attached hydrogens (tertiary/aromatic N) is 3. The fourth-order valence-electron chi connectivity index (χ4n) is 3.88. The fraction of sp³-hybridized carbons (Fsp3) is 0.273. The van der Waals surface area contributed by atoms with Gasteiger partial charge in [0, 0.05) is 5.56 Å². The van der Waals surface area contributed by atoms with Crippen LogP contribution < -0.4 is 5.56 Å². The third-order valence-electron chi connectivity index (χ3n) is 5.33. The second kappa shape index (κ2) is 7.08. The van der Waals surface area contributed by atoms with E-state index in [1.807, 2.05) is 25.1 Å². The molecular weight excluding hydrogens is 386 g/mol. The number of Topliss-reactive ketones (excluding diaryl/α,β-unsaturated/α-hetero) is 1. The number of benzene rings is 1. The number of aryl methyl sites for hydroxylation is 3. The predicted molar refractivity (Wildman–Crippen MR) is 112 cm³/mol. The first-order valence-electron chi connectivity index (χ1n) is 9.67. The maximum Gasteiger partial charge on any atom is 0.294 e. The van der Waals surface area contributed by atoms with Crippen molar-refractivity contribution in [3.8, 4) is 11.5 Å². The number of hydrogen-bond donors (Lipinski definition) is 0. The Morgan fingerprint density at radius 1 is 1.21 bits per heavy atom. The van der Waals surface area contributed by atoms with E-state index >= 15 is 0 Å². The van der Waals surface area contributed by atoms with Gasteiger partial charge in [-0.25, -0.2) is 9.67 Å². The van der Waals surface area contributed by atoms with Gasteiger partial charge in [0.05, 0.1) is 16.0 Å². The SMILES string of the molecule is Cc1nc2c(=O)n(CC(=O)c3ccc4c(c3)CCCC4)nc(-c3ccco3)c2s1. The van der Waals surface area contributed by atoms with Crippen molar-refractivity contribution >= 4 is 27.3 Å². The van der Waals surface area contributed by atoms with Gasteiger partial charge in [0.1, 0.15) is 12.2 Å². The van der Waals surface area contributed by atoms with E-state index in [9.17, 15) is 9.59 Å². The van der Waals surface area contributed by atoms with Crippen LogP contribution in [0.25, 0.3) is 21.7 Å². The van der Waals surface area contributed by atoms with Crippen LogP contribution in [0.5, 0.6) is 0 Å². The molecule has 0 bridgehead atoms. The normalized spacial score (nSPS) is 13.6. The van der Waals surface area contributed by atoms with Crippen LogP contribution in [-0.4, -0.2) is 20.5 Å². The van der Waals surface area contributed by atoms with Gasteiger partial charge in [-0.3, -0.25) is 9.59 Å². The zero-order valence-electron chi connectivity index (χ0n) is 16.0. The third-order valence-corrected chi connectivity index (χ3v) is 6.30. The Morgan fingerprint density at radius 3 is 2.83 bits per heavy atom. The molecule has 146 valence electrons. The van der Waals surface area contributed by atoms with Crippen molar-refractivity contribution in [3.05, 3.63) is 68.6 Å². The monoisotopic (exact) mass is 405 g/mol. The summed E-state index contributed by atoms with van der Waals surface area (Å²) in [4.78, 5) is 30.2. The maximum absolute atomic E-state index is 13.0. The summed E-state index contributed by atoms with van der Waals surface area (Å²) in [6.07, 6.45) is 5.98. The average Bonchev–Trinajstić information content (AvgIpc) is 3.39. The van der Waals surface area contributed by atoms with E-state index in [4.69, 9.17) is 4.42 Å². The van der Waals surface area contributed by atoms with Gasteiger partial charge in [-0.15, -0.1) is 11.3 Å². The lowest BCUT2D eigenvalue weighted by atomic mass is 9.90. The number of fused-ring (bicyclic) bond motifs is 2. The molecule has 0 aliphatic heterocycles. The molecule has 29 heavy (non-hydrogen) atoms. The van der Waals surface area contributed by atoms with Crippen molar-refractivity contribution in [2.45, 2.75) is 39.2 Å². The molecule has 0 N–H and O–H groups in total. The molecular formula is C22H19N3O3S. The summed E-state index contributed by atoms with van der Waals surface area (Å²) in [7, 11) is 0. The van der Waals surface area contributed by atoms with Crippen molar-refractivity contribution in [1.29, 1.82) is 0 Å². The Morgan fingerprint density at radius 2 is 2.03 bits per heavy atom. The Bertz CT molecular complexity index is 1280. The second-order valence-electron chi connectivity index (χ2n) is 7.31. The first-order chi connectivity index (χ1) is 14.1. The lowest BCUT2D eigenvalue weighted by molar-refractivity contribution is 0.0966. The van der Waals surface area contributed by atoms with Crippen LogP contribution in [0.4, 0.5) is 0 Å². The highest BCUT2D eigenvalue weighted by Gasteiger charge is 2.20. The van der Waals surface area contributed by atoms with Crippen LogP contribution in [0.15, 0.2) is 45.8 Å². The summed E-state index contributed by atoms with van der Waals surface area (Å²) in [6, 6.07) is 9.43. The lowest BCUT2D eigenvalue weighted by Gasteiger charge is -2.16. The highest BCUT2D eigenvalue weighted by atomic mass is 32.1. The van der Waals surface area contributed by atoms with Crippen LogP contribution in [0.3, 0.4) is 0 Å². The van der Waals surface area contributed by atoms with Crippen molar-refractivity contribution in [3.63, 3.8) is 0 Å². The second-order valence-corrected chi connectivity index (χ2v) is 8.52. The van der Waals surface area contributed by atoms with Crippen LogP contribution >= 0.6 is 11.3 Å². The van der Waals surface area contributed by atoms with E-state index in [0.29, 0.717) is 27.2 Å². The van der Waals surface area contributed by atoms with Gasteiger partial charge in [0.15, 0.2) is 17.1 Å². The zero-order valence-corrected chi connectivity index (χ0v) is 16.8. The van der Waals surface area contributed by atoms with Gasteiger partial charge in [-0.1, -0.05) is 12.1 Å². The standard InChI is InChI=1S/C22H19N3O3S/c1-13-23-20-21(29-13)19(18-7-4-10-28-18)24-25(22(20)27)12-17(26)16-9-8-14-5-2-3-6-15(14)11-16/h4,7-11H,2-3,5-6,12H2,1H3. The van der Waals surface area contributed by atoms with E-state index in [0.717, 1.165) is 24.3 Å². The summed E-state index contributed by atoms with van der Waals surface area (Å²) in [5, 5.41) is 5.24. The molecule has 0 amide bonds. The number of carbonyl (C=O) groups is 1. The molecule has 1 aliphatic carbocycles. The van der Waals surface area contributed by atoms with Gasteiger partial charge in [-0.2, -0.15) is 5.10 Å². The van der Waals surface area contributed by atoms with Crippen molar-refractivity contribution in [2.24, 2.45) is 0 Å². The Balaban J connectivity index is 1.56. The number of carbonyl (C=O) groups excluding carboxylic acids is 1. The average molecular weight is 405 g/mol. The molecule has 3 heterocycles. The molecule has 0 saturated heterocycles. The number of rotatable bonds is 4. The number of ketones is 1. The van der Waals surface area contributed by atoms with E-state index in [2.05, 4.69) is 10.1 Å². The van der Waals surface area contributed by atoms with Crippen molar-refractivity contribution in [1.82, 2.24) is 14.8 Å². The Kier molecular flexibility index (Phi) is 4.39. The minimum Gasteiger partial charge on any atom is -0.463 e. The largest absolute Gasteiger partial charge is 0.463 e. The molecule has 4 aromatic rings. The molecule has 5 rings (SSSR count). The first kappa shape index (κ1) is 18.0. The van der Waals surface area contributed by atoms with E-state index in [1.54, 1.807) is 18.4 Å². The van der Waals surface area contributed by atoms with Gasteiger partial charge in [0.25, 0.3) is 5.56 Å². The molecule has 1 aliphatic rings. The quantitative estimate of drug-likeness (QED) is 0.476.